The first-order chi connectivity index (χ1) is 11.3. The van der Waals surface area contributed by atoms with Crippen molar-refractivity contribution in [2.45, 2.75) is 136 Å². The summed E-state index contributed by atoms with van der Waals surface area (Å²) in [7, 11) is 0. The van der Waals surface area contributed by atoms with Gasteiger partial charge >= 0.3 is 0 Å². The first-order valence-electron chi connectivity index (χ1n) is 10.9. The van der Waals surface area contributed by atoms with E-state index in [9.17, 15) is 5.11 Å². The molecule has 0 aromatic rings. The topological polar surface area (TPSA) is 20.2 Å². The molecule has 0 aliphatic carbocycles. The normalized spacial score (nSPS) is 14.1. The number of rotatable bonds is 18. The molecule has 1 N–H and O–H groups in total. The fourth-order valence-electron chi connectivity index (χ4n) is 3.55. The molecule has 0 heterocycles. The zero-order chi connectivity index (χ0) is 17.2. The highest BCUT2D eigenvalue weighted by Gasteiger charge is 2.17. The average Bonchev–Trinajstić information content (AvgIpc) is 2.56. The van der Waals surface area contributed by atoms with Crippen LogP contribution in [0.4, 0.5) is 0 Å². The number of hydrogen-bond acceptors (Lipinski definition) is 1. The van der Waals surface area contributed by atoms with Gasteiger partial charge in [0, 0.05) is 0 Å². The summed E-state index contributed by atoms with van der Waals surface area (Å²) >= 11 is 0. The standard InChI is InChI=1S/C22H46O/c1-4-7-10-12-13-15-16-19-21(18-9-6-3)22(23)20-17-14-11-8-5-2/h21-23H,4-20H2,1-3H3. The highest BCUT2D eigenvalue weighted by atomic mass is 16.3. The third-order valence-corrected chi connectivity index (χ3v) is 5.25. The van der Waals surface area contributed by atoms with E-state index in [1.54, 1.807) is 0 Å². The SMILES string of the molecule is CCCCCCCCCC(CCCC)C(O)CCCCCCC. The molecule has 0 saturated heterocycles. The zero-order valence-electron chi connectivity index (χ0n) is 16.6. The van der Waals surface area contributed by atoms with Gasteiger partial charge in [-0.1, -0.05) is 111 Å². The largest absolute Gasteiger partial charge is 0.393 e. The first kappa shape index (κ1) is 23.0. The lowest BCUT2D eigenvalue weighted by molar-refractivity contribution is 0.0833. The maximum absolute atomic E-state index is 10.6. The summed E-state index contributed by atoms with van der Waals surface area (Å²) in [6.45, 7) is 6.81. The van der Waals surface area contributed by atoms with Gasteiger partial charge < -0.3 is 5.11 Å². The van der Waals surface area contributed by atoms with E-state index in [-0.39, 0.29) is 6.10 Å². The van der Waals surface area contributed by atoms with E-state index < -0.39 is 0 Å². The minimum atomic E-state index is -0.0386. The molecule has 0 saturated carbocycles. The minimum absolute atomic E-state index is 0.0386. The summed E-state index contributed by atoms with van der Waals surface area (Å²) in [5.74, 6) is 0.566. The molecule has 0 aliphatic heterocycles. The predicted octanol–water partition coefficient (Wildman–Crippen LogP) is 7.65. The molecule has 0 amide bonds. The van der Waals surface area contributed by atoms with Crippen LogP contribution in [0.2, 0.25) is 0 Å². The zero-order valence-corrected chi connectivity index (χ0v) is 16.6. The lowest BCUT2D eigenvalue weighted by Gasteiger charge is -2.23. The van der Waals surface area contributed by atoms with Crippen molar-refractivity contribution in [3.8, 4) is 0 Å². The molecule has 0 aromatic carbocycles. The van der Waals surface area contributed by atoms with Gasteiger partial charge in [0.15, 0.2) is 0 Å². The van der Waals surface area contributed by atoms with Crippen molar-refractivity contribution >= 4 is 0 Å². The van der Waals surface area contributed by atoms with Crippen molar-refractivity contribution in [1.29, 1.82) is 0 Å². The van der Waals surface area contributed by atoms with E-state index >= 15 is 0 Å². The highest BCUT2D eigenvalue weighted by Crippen LogP contribution is 2.24. The molecule has 0 rings (SSSR count). The summed E-state index contributed by atoms with van der Waals surface area (Å²) in [5, 5.41) is 10.6. The smallest absolute Gasteiger partial charge is 0.0568 e. The minimum Gasteiger partial charge on any atom is -0.393 e. The number of aliphatic hydroxyl groups excluding tert-OH is 1. The van der Waals surface area contributed by atoms with Crippen molar-refractivity contribution in [1.82, 2.24) is 0 Å². The monoisotopic (exact) mass is 326 g/mol. The van der Waals surface area contributed by atoms with Crippen LogP contribution in [0.25, 0.3) is 0 Å². The molecule has 0 spiro atoms. The molecule has 0 bridgehead atoms. The van der Waals surface area contributed by atoms with Crippen molar-refractivity contribution in [3.05, 3.63) is 0 Å². The van der Waals surface area contributed by atoms with Gasteiger partial charge in [-0.05, 0) is 25.2 Å². The second kappa shape index (κ2) is 18.3. The molecule has 23 heavy (non-hydrogen) atoms. The Balaban J connectivity index is 3.80. The molecular formula is C22H46O. The molecule has 1 nitrogen and oxygen atoms in total. The van der Waals surface area contributed by atoms with Crippen LogP contribution in [0.5, 0.6) is 0 Å². The molecular weight excluding hydrogens is 280 g/mol. The number of hydrogen-bond donors (Lipinski definition) is 1. The van der Waals surface area contributed by atoms with Crippen molar-refractivity contribution in [3.63, 3.8) is 0 Å². The summed E-state index contributed by atoms with van der Waals surface area (Å²) in [6.07, 6.45) is 22.2. The molecule has 0 aromatic heterocycles. The summed E-state index contributed by atoms with van der Waals surface area (Å²) in [4.78, 5) is 0. The van der Waals surface area contributed by atoms with Crippen LogP contribution in [0.15, 0.2) is 0 Å². The van der Waals surface area contributed by atoms with Gasteiger partial charge in [-0.15, -0.1) is 0 Å². The fraction of sp³-hybridized carbons (Fsp3) is 1.00. The molecule has 2 atom stereocenters. The second-order valence-electron chi connectivity index (χ2n) is 7.58. The van der Waals surface area contributed by atoms with Gasteiger partial charge in [0.25, 0.3) is 0 Å². The molecule has 140 valence electrons. The van der Waals surface area contributed by atoms with Crippen LogP contribution in [-0.4, -0.2) is 11.2 Å². The van der Waals surface area contributed by atoms with Crippen LogP contribution in [-0.2, 0) is 0 Å². The van der Waals surface area contributed by atoms with E-state index in [0.717, 1.165) is 6.42 Å². The lowest BCUT2D eigenvalue weighted by Crippen LogP contribution is -2.20. The first-order valence-corrected chi connectivity index (χ1v) is 10.9. The van der Waals surface area contributed by atoms with Crippen molar-refractivity contribution in [2.24, 2.45) is 5.92 Å². The quantitative estimate of drug-likeness (QED) is 0.256. The van der Waals surface area contributed by atoms with Gasteiger partial charge in [0.2, 0.25) is 0 Å². The second-order valence-corrected chi connectivity index (χ2v) is 7.58. The predicted molar refractivity (Wildman–Crippen MR) is 105 cm³/mol. The summed E-state index contributed by atoms with van der Waals surface area (Å²) in [6, 6.07) is 0. The van der Waals surface area contributed by atoms with Crippen LogP contribution in [0, 0.1) is 5.92 Å². The molecule has 2 unspecified atom stereocenters. The van der Waals surface area contributed by atoms with E-state index in [1.807, 2.05) is 0 Å². The van der Waals surface area contributed by atoms with Crippen LogP contribution in [0.1, 0.15) is 130 Å². The van der Waals surface area contributed by atoms with Crippen LogP contribution >= 0.6 is 0 Å². The van der Waals surface area contributed by atoms with Crippen molar-refractivity contribution < 1.29 is 5.11 Å². The lowest BCUT2D eigenvalue weighted by atomic mass is 9.87. The summed E-state index contributed by atoms with van der Waals surface area (Å²) < 4.78 is 0. The Morgan fingerprint density at radius 3 is 1.39 bits per heavy atom. The third kappa shape index (κ3) is 15.2. The van der Waals surface area contributed by atoms with Crippen LogP contribution < -0.4 is 0 Å². The Morgan fingerprint density at radius 2 is 0.870 bits per heavy atom. The number of unbranched alkanes of at least 4 members (excludes halogenated alkanes) is 11. The number of aliphatic hydroxyl groups is 1. The van der Waals surface area contributed by atoms with Gasteiger partial charge in [0.05, 0.1) is 6.10 Å². The van der Waals surface area contributed by atoms with Crippen LogP contribution in [0.3, 0.4) is 0 Å². The highest BCUT2D eigenvalue weighted by molar-refractivity contribution is 4.70. The van der Waals surface area contributed by atoms with Gasteiger partial charge in [0.1, 0.15) is 0 Å². The molecule has 0 fully saturated rings. The molecule has 0 radical (unpaired) electrons. The Labute approximate surface area is 147 Å². The van der Waals surface area contributed by atoms with E-state index in [1.165, 1.54) is 103 Å². The average molecular weight is 327 g/mol. The van der Waals surface area contributed by atoms with Gasteiger partial charge in [-0.2, -0.15) is 0 Å². The maximum atomic E-state index is 10.6. The Morgan fingerprint density at radius 1 is 0.478 bits per heavy atom. The Kier molecular flexibility index (Phi) is 18.3. The van der Waals surface area contributed by atoms with Gasteiger partial charge in [-0.25, -0.2) is 0 Å². The Hall–Kier alpha value is -0.0400. The molecule has 0 aliphatic rings. The maximum Gasteiger partial charge on any atom is 0.0568 e. The van der Waals surface area contributed by atoms with Gasteiger partial charge in [-0.3, -0.25) is 0 Å². The third-order valence-electron chi connectivity index (χ3n) is 5.25. The fourth-order valence-corrected chi connectivity index (χ4v) is 3.55. The Bertz CT molecular complexity index is 214. The van der Waals surface area contributed by atoms with E-state index in [0.29, 0.717) is 5.92 Å². The van der Waals surface area contributed by atoms with Crippen molar-refractivity contribution in [2.75, 3.05) is 0 Å². The van der Waals surface area contributed by atoms with E-state index in [4.69, 9.17) is 0 Å². The summed E-state index contributed by atoms with van der Waals surface area (Å²) in [5.41, 5.74) is 0. The van der Waals surface area contributed by atoms with E-state index in [2.05, 4.69) is 20.8 Å². The molecule has 1 heteroatoms.